The molecule has 1 aromatic heterocycles. The van der Waals surface area contributed by atoms with Gasteiger partial charge >= 0.3 is 0 Å². The summed E-state index contributed by atoms with van der Waals surface area (Å²) in [7, 11) is 0. The van der Waals surface area contributed by atoms with E-state index in [9.17, 15) is 0 Å². The van der Waals surface area contributed by atoms with E-state index < -0.39 is 0 Å². The second-order valence-corrected chi connectivity index (χ2v) is 4.25. The van der Waals surface area contributed by atoms with E-state index in [0.717, 1.165) is 30.4 Å². The molecule has 3 nitrogen and oxygen atoms in total. The van der Waals surface area contributed by atoms with Gasteiger partial charge < -0.3 is 9.73 Å². The topological polar surface area (TPSA) is 38.1 Å². The molecule has 0 spiro atoms. The van der Waals surface area contributed by atoms with Crippen molar-refractivity contribution in [2.24, 2.45) is 0 Å². The molecule has 0 aliphatic heterocycles. The standard InChI is InChI=1S/C14H18N2O/c1-3-4-5-8-11(2)15-14-16-12-9-6-7-10-13(12)17-14/h3,6-7,9-11H,1,4-5,8H2,2H3,(H,15,16). The summed E-state index contributed by atoms with van der Waals surface area (Å²) in [5.74, 6) is 0. The van der Waals surface area contributed by atoms with E-state index in [4.69, 9.17) is 4.42 Å². The van der Waals surface area contributed by atoms with Crippen molar-refractivity contribution in [2.75, 3.05) is 5.32 Å². The Bertz CT molecular complexity index is 457. The minimum Gasteiger partial charge on any atom is -0.424 e. The predicted octanol–water partition coefficient (Wildman–Crippen LogP) is 3.98. The first-order valence-corrected chi connectivity index (χ1v) is 6.02. The fourth-order valence-electron chi connectivity index (χ4n) is 1.79. The van der Waals surface area contributed by atoms with E-state index in [-0.39, 0.29) is 0 Å². The van der Waals surface area contributed by atoms with Crippen LogP contribution in [-0.2, 0) is 0 Å². The molecule has 3 heteroatoms. The number of hydrogen-bond acceptors (Lipinski definition) is 3. The summed E-state index contributed by atoms with van der Waals surface area (Å²) in [4.78, 5) is 4.38. The van der Waals surface area contributed by atoms with Gasteiger partial charge in [-0.25, -0.2) is 0 Å². The molecule has 1 unspecified atom stereocenters. The van der Waals surface area contributed by atoms with E-state index in [1.54, 1.807) is 0 Å². The van der Waals surface area contributed by atoms with Gasteiger partial charge in [0.25, 0.3) is 6.01 Å². The van der Waals surface area contributed by atoms with Crippen molar-refractivity contribution in [1.29, 1.82) is 0 Å². The Hall–Kier alpha value is -1.77. The molecule has 0 saturated carbocycles. The Morgan fingerprint density at radius 3 is 3.06 bits per heavy atom. The van der Waals surface area contributed by atoms with E-state index in [0.29, 0.717) is 12.1 Å². The zero-order valence-electron chi connectivity index (χ0n) is 10.1. The van der Waals surface area contributed by atoms with Crippen molar-refractivity contribution >= 4 is 17.1 Å². The third-order valence-electron chi connectivity index (χ3n) is 2.71. The van der Waals surface area contributed by atoms with Crippen LogP contribution in [0.4, 0.5) is 6.01 Å². The fraction of sp³-hybridized carbons (Fsp3) is 0.357. The van der Waals surface area contributed by atoms with E-state index in [1.165, 1.54) is 0 Å². The number of anilines is 1. The van der Waals surface area contributed by atoms with Gasteiger partial charge in [0.1, 0.15) is 5.52 Å². The van der Waals surface area contributed by atoms with Crippen LogP contribution in [0, 0.1) is 0 Å². The second kappa shape index (κ2) is 5.53. The monoisotopic (exact) mass is 230 g/mol. The average molecular weight is 230 g/mol. The molecule has 0 fully saturated rings. The molecular formula is C14H18N2O. The molecule has 17 heavy (non-hydrogen) atoms. The number of allylic oxidation sites excluding steroid dienone is 1. The third kappa shape index (κ3) is 3.09. The van der Waals surface area contributed by atoms with Gasteiger partial charge in [0.05, 0.1) is 0 Å². The van der Waals surface area contributed by atoms with Gasteiger partial charge in [0.2, 0.25) is 0 Å². The lowest BCUT2D eigenvalue weighted by Crippen LogP contribution is -2.14. The molecule has 1 atom stereocenters. The van der Waals surface area contributed by atoms with Crippen LogP contribution in [0.15, 0.2) is 41.3 Å². The van der Waals surface area contributed by atoms with E-state index >= 15 is 0 Å². The highest BCUT2D eigenvalue weighted by Crippen LogP contribution is 2.19. The molecular weight excluding hydrogens is 212 g/mol. The summed E-state index contributed by atoms with van der Waals surface area (Å²) >= 11 is 0. The Morgan fingerprint density at radius 2 is 2.29 bits per heavy atom. The van der Waals surface area contributed by atoms with Crippen molar-refractivity contribution in [3.05, 3.63) is 36.9 Å². The first kappa shape index (κ1) is 11.7. The first-order valence-electron chi connectivity index (χ1n) is 6.02. The van der Waals surface area contributed by atoms with Gasteiger partial charge in [0.15, 0.2) is 5.58 Å². The average Bonchev–Trinajstić information content (AvgIpc) is 2.71. The smallest absolute Gasteiger partial charge is 0.295 e. The SMILES string of the molecule is C=CCCCC(C)Nc1nc2ccccc2o1. The number of fused-ring (bicyclic) bond motifs is 1. The number of aromatic nitrogens is 1. The highest BCUT2D eigenvalue weighted by molar-refractivity contribution is 5.74. The van der Waals surface area contributed by atoms with Crippen LogP contribution in [-0.4, -0.2) is 11.0 Å². The zero-order chi connectivity index (χ0) is 12.1. The van der Waals surface area contributed by atoms with E-state index in [1.807, 2.05) is 30.3 Å². The Labute approximate surface area is 102 Å². The van der Waals surface area contributed by atoms with Gasteiger partial charge in [-0.3, -0.25) is 0 Å². The van der Waals surface area contributed by atoms with Gasteiger partial charge in [0, 0.05) is 6.04 Å². The Morgan fingerprint density at radius 1 is 1.47 bits per heavy atom. The molecule has 0 saturated heterocycles. The minimum atomic E-state index is 0.364. The van der Waals surface area contributed by atoms with Crippen molar-refractivity contribution < 1.29 is 4.42 Å². The van der Waals surface area contributed by atoms with Crippen LogP contribution in [0.25, 0.3) is 11.1 Å². The highest BCUT2D eigenvalue weighted by atomic mass is 16.4. The van der Waals surface area contributed by atoms with Gasteiger partial charge in [-0.2, -0.15) is 4.98 Å². The number of hydrogen-bond donors (Lipinski definition) is 1. The lowest BCUT2D eigenvalue weighted by Gasteiger charge is -2.10. The molecule has 0 aliphatic carbocycles. The van der Waals surface area contributed by atoms with Crippen LogP contribution >= 0.6 is 0 Å². The van der Waals surface area contributed by atoms with Crippen LogP contribution in [0.2, 0.25) is 0 Å². The van der Waals surface area contributed by atoms with Crippen molar-refractivity contribution in [1.82, 2.24) is 4.98 Å². The second-order valence-electron chi connectivity index (χ2n) is 4.25. The molecule has 0 radical (unpaired) electrons. The lowest BCUT2D eigenvalue weighted by atomic mass is 10.1. The molecule has 1 heterocycles. The van der Waals surface area contributed by atoms with E-state index in [2.05, 4.69) is 23.8 Å². The summed E-state index contributed by atoms with van der Waals surface area (Å²) in [6.07, 6.45) is 5.23. The van der Waals surface area contributed by atoms with Crippen LogP contribution < -0.4 is 5.32 Å². The summed E-state index contributed by atoms with van der Waals surface area (Å²) in [6, 6.07) is 8.76. The van der Waals surface area contributed by atoms with Gasteiger partial charge in [-0.1, -0.05) is 18.2 Å². The van der Waals surface area contributed by atoms with Gasteiger partial charge in [-0.15, -0.1) is 6.58 Å². The first-order chi connectivity index (χ1) is 8.29. The summed E-state index contributed by atoms with van der Waals surface area (Å²) in [5.41, 5.74) is 1.72. The maximum atomic E-state index is 5.60. The maximum Gasteiger partial charge on any atom is 0.295 e. The van der Waals surface area contributed by atoms with Crippen molar-refractivity contribution in [3.8, 4) is 0 Å². The third-order valence-corrected chi connectivity index (χ3v) is 2.71. The molecule has 0 aliphatic rings. The van der Waals surface area contributed by atoms with Crippen LogP contribution in [0.3, 0.4) is 0 Å². The van der Waals surface area contributed by atoms with Crippen LogP contribution in [0.5, 0.6) is 0 Å². The summed E-state index contributed by atoms with van der Waals surface area (Å²) in [6.45, 7) is 5.86. The molecule has 2 aromatic rings. The number of oxazole rings is 1. The molecule has 1 aromatic carbocycles. The zero-order valence-corrected chi connectivity index (χ0v) is 10.1. The largest absolute Gasteiger partial charge is 0.424 e. The quantitative estimate of drug-likeness (QED) is 0.602. The molecule has 0 amide bonds. The number of para-hydroxylation sites is 2. The number of nitrogens with one attached hydrogen (secondary N) is 1. The van der Waals surface area contributed by atoms with Gasteiger partial charge in [-0.05, 0) is 38.3 Å². The molecule has 0 bridgehead atoms. The Balaban J connectivity index is 1.95. The van der Waals surface area contributed by atoms with Crippen molar-refractivity contribution in [2.45, 2.75) is 32.2 Å². The Kier molecular flexibility index (Phi) is 3.81. The summed E-state index contributed by atoms with van der Waals surface area (Å²) in [5, 5.41) is 3.28. The lowest BCUT2D eigenvalue weighted by molar-refractivity contribution is 0.582. The van der Waals surface area contributed by atoms with Crippen LogP contribution in [0.1, 0.15) is 26.2 Å². The minimum absolute atomic E-state index is 0.364. The maximum absolute atomic E-state index is 5.60. The molecule has 2 rings (SSSR count). The number of benzene rings is 1. The highest BCUT2D eigenvalue weighted by Gasteiger charge is 2.07. The molecule has 90 valence electrons. The predicted molar refractivity (Wildman–Crippen MR) is 71.1 cm³/mol. The number of nitrogens with zero attached hydrogens (tertiary/aromatic N) is 1. The molecule has 1 N–H and O–H groups in total. The number of unbranched alkanes of at least 4 members (excludes halogenated alkanes) is 1. The van der Waals surface area contributed by atoms with Crippen molar-refractivity contribution in [3.63, 3.8) is 0 Å². The summed E-state index contributed by atoms with van der Waals surface area (Å²) < 4.78 is 5.60. The number of rotatable bonds is 6. The normalized spacial score (nSPS) is 12.5. The fourth-order valence-corrected chi connectivity index (χ4v) is 1.79.